The summed E-state index contributed by atoms with van der Waals surface area (Å²) in [5, 5.41) is 3.75. The molecule has 3 aromatic rings. The zero-order valence-corrected chi connectivity index (χ0v) is 19.8. The van der Waals surface area contributed by atoms with Crippen molar-refractivity contribution in [2.75, 3.05) is 16.8 Å². The Morgan fingerprint density at radius 3 is 2.27 bits per heavy atom. The van der Waals surface area contributed by atoms with Crippen LogP contribution >= 0.6 is 11.6 Å². The normalized spacial score (nSPS) is 13.7. The van der Waals surface area contributed by atoms with E-state index in [0.717, 1.165) is 22.3 Å². The largest absolute Gasteiger partial charge is 0.494 e. The second-order valence-electron chi connectivity index (χ2n) is 8.03. The van der Waals surface area contributed by atoms with Gasteiger partial charge >= 0.3 is 0 Å². The summed E-state index contributed by atoms with van der Waals surface area (Å²) in [6.07, 6.45) is 0. The molecule has 3 aromatic carbocycles. The number of hydrogen-bond donors (Lipinski definition) is 1. The van der Waals surface area contributed by atoms with Crippen molar-refractivity contribution in [2.45, 2.75) is 27.7 Å². The van der Waals surface area contributed by atoms with Crippen LogP contribution in [-0.2, 0) is 9.59 Å². The lowest BCUT2D eigenvalue weighted by atomic mass is 9.97. The number of benzene rings is 3. The van der Waals surface area contributed by atoms with E-state index in [1.807, 2.05) is 52.0 Å². The van der Waals surface area contributed by atoms with Crippen molar-refractivity contribution in [3.05, 3.63) is 93.6 Å². The summed E-state index contributed by atoms with van der Waals surface area (Å²) in [7, 11) is 0. The van der Waals surface area contributed by atoms with Crippen molar-refractivity contribution in [1.29, 1.82) is 0 Å². The Morgan fingerprint density at radius 2 is 1.61 bits per heavy atom. The summed E-state index contributed by atoms with van der Waals surface area (Å²) >= 11 is 6.20. The number of carbonyl (C=O) groups is 2. The number of halogens is 1. The van der Waals surface area contributed by atoms with Crippen LogP contribution in [0.1, 0.15) is 29.2 Å². The number of amides is 2. The number of aryl methyl sites for hydroxylation is 3. The van der Waals surface area contributed by atoms with Gasteiger partial charge in [-0.1, -0.05) is 41.4 Å². The fourth-order valence-electron chi connectivity index (χ4n) is 3.95. The van der Waals surface area contributed by atoms with Crippen molar-refractivity contribution in [1.82, 2.24) is 0 Å². The first-order valence-electron chi connectivity index (χ1n) is 10.8. The highest BCUT2D eigenvalue weighted by molar-refractivity contribution is 6.46. The van der Waals surface area contributed by atoms with Crippen molar-refractivity contribution in [2.24, 2.45) is 0 Å². The molecule has 5 nitrogen and oxygen atoms in total. The molecule has 168 valence electrons. The second kappa shape index (κ2) is 9.12. The average molecular weight is 461 g/mol. The molecule has 0 aromatic heterocycles. The molecule has 4 rings (SSSR count). The fraction of sp³-hybridized carbons (Fsp3) is 0.185. The molecule has 0 atom stereocenters. The number of carbonyl (C=O) groups excluding carboxylic acids is 2. The molecule has 0 saturated heterocycles. The summed E-state index contributed by atoms with van der Waals surface area (Å²) in [4.78, 5) is 28.5. The number of ether oxygens (including phenoxy) is 1. The minimum absolute atomic E-state index is 0.228. The van der Waals surface area contributed by atoms with Crippen LogP contribution in [-0.4, -0.2) is 18.4 Å². The average Bonchev–Trinajstić information content (AvgIpc) is 3.01. The number of imide groups is 1. The highest BCUT2D eigenvalue weighted by Crippen LogP contribution is 2.36. The van der Waals surface area contributed by atoms with Gasteiger partial charge in [0.15, 0.2) is 0 Å². The Kier molecular flexibility index (Phi) is 6.25. The molecule has 1 aliphatic heterocycles. The van der Waals surface area contributed by atoms with Gasteiger partial charge in [-0.3, -0.25) is 9.59 Å². The molecule has 0 radical (unpaired) electrons. The summed E-state index contributed by atoms with van der Waals surface area (Å²) in [5.41, 5.74) is 5.35. The van der Waals surface area contributed by atoms with Gasteiger partial charge in [0.25, 0.3) is 11.8 Å². The fourth-order valence-corrected chi connectivity index (χ4v) is 4.12. The maximum absolute atomic E-state index is 13.7. The van der Waals surface area contributed by atoms with E-state index in [4.69, 9.17) is 16.3 Å². The molecule has 0 saturated carbocycles. The van der Waals surface area contributed by atoms with Crippen LogP contribution in [0.5, 0.6) is 5.75 Å². The lowest BCUT2D eigenvalue weighted by Gasteiger charge is -2.16. The van der Waals surface area contributed by atoms with E-state index in [1.165, 1.54) is 4.90 Å². The number of hydrogen-bond acceptors (Lipinski definition) is 4. The lowest BCUT2D eigenvalue weighted by Crippen LogP contribution is -2.32. The SMILES string of the molecule is CCOc1ccc(N2C(=O)C(Nc3cc(Cl)ccc3C)=C(c3ccc(C)cc3C)C2=O)cc1. The number of rotatable bonds is 6. The van der Waals surface area contributed by atoms with E-state index in [9.17, 15) is 9.59 Å². The van der Waals surface area contributed by atoms with E-state index in [2.05, 4.69) is 5.32 Å². The van der Waals surface area contributed by atoms with Crippen LogP contribution in [0, 0.1) is 20.8 Å². The molecule has 2 amide bonds. The van der Waals surface area contributed by atoms with E-state index < -0.39 is 5.91 Å². The van der Waals surface area contributed by atoms with Gasteiger partial charge in [-0.15, -0.1) is 0 Å². The van der Waals surface area contributed by atoms with Gasteiger partial charge in [0.05, 0.1) is 17.9 Å². The van der Waals surface area contributed by atoms with E-state index in [0.29, 0.717) is 34.3 Å². The predicted molar refractivity (Wildman–Crippen MR) is 133 cm³/mol. The van der Waals surface area contributed by atoms with Crippen LogP contribution in [0.4, 0.5) is 11.4 Å². The first kappa shape index (κ1) is 22.6. The van der Waals surface area contributed by atoms with E-state index in [1.54, 1.807) is 36.4 Å². The molecule has 0 bridgehead atoms. The van der Waals surface area contributed by atoms with Crippen molar-refractivity contribution >= 4 is 40.4 Å². The third-order valence-corrected chi connectivity index (χ3v) is 5.84. The van der Waals surface area contributed by atoms with Gasteiger partial charge in [0, 0.05) is 10.7 Å². The molecule has 1 heterocycles. The van der Waals surface area contributed by atoms with Crippen LogP contribution in [0.25, 0.3) is 5.57 Å². The highest BCUT2D eigenvalue weighted by Gasteiger charge is 2.40. The van der Waals surface area contributed by atoms with Gasteiger partial charge in [-0.05, 0) is 80.8 Å². The van der Waals surface area contributed by atoms with Crippen molar-refractivity contribution in [3.63, 3.8) is 0 Å². The van der Waals surface area contributed by atoms with Crippen molar-refractivity contribution < 1.29 is 14.3 Å². The standard InChI is InChI=1S/C27H25ClN2O3/c1-5-33-21-11-9-20(10-12-21)30-26(31)24(22-13-6-16(2)14-18(22)4)25(27(30)32)29-23-15-19(28)8-7-17(23)3/h6-15,29H,5H2,1-4H3. The van der Waals surface area contributed by atoms with Gasteiger partial charge in [0.2, 0.25) is 0 Å². The zero-order valence-electron chi connectivity index (χ0n) is 19.0. The Hall–Kier alpha value is -3.57. The maximum Gasteiger partial charge on any atom is 0.282 e. The number of anilines is 2. The number of nitrogens with zero attached hydrogens (tertiary/aromatic N) is 1. The molecule has 0 unspecified atom stereocenters. The summed E-state index contributed by atoms with van der Waals surface area (Å²) in [5.74, 6) is -0.118. The van der Waals surface area contributed by atoms with Gasteiger partial charge < -0.3 is 10.1 Å². The third-order valence-electron chi connectivity index (χ3n) is 5.60. The van der Waals surface area contributed by atoms with Crippen LogP contribution < -0.4 is 15.0 Å². The first-order valence-corrected chi connectivity index (χ1v) is 11.1. The molecule has 0 aliphatic carbocycles. The molecular formula is C27H25ClN2O3. The van der Waals surface area contributed by atoms with Crippen LogP contribution in [0.15, 0.2) is 66.4 Å². The maximum atomic E-state index is 13.7. The quantitative estimate of drug-likeness (QED) is 0.454. The van der Waals surface area contributed by atoms with Crippen LogP contribution in [0.2, 0.25) is 5.02 Å². The first-order chi connectivity index (χ1) is 15.8. The number of nitrogens with one attached hydrogen (secondary N) is 1. The molecular weight excluding hydrogens is 436 g/mol. The Labute approximate surface area is 198 Å². The lowest BCUT2D eigenvalue weighted by molar-refractivity contribution is -0.120. The molecule has 0 fully saturated rings. The van der Waals surface area contributed by atoms with E-state index in [-0.39, 0.29) is 11.6 Å². The zero-order chi connectivity index (χ0) is 23.7. The molecule has 6 heteroatoms. The smallest absolute Gasteiger partial charge is 0.282 e. The minimum Gasteiger partial charge on any atom is -0.494 e. The highest BCUT2D eigenvalue weighted by atomic mass is 35.5. The van der Waals surface area contributed by atoms with E-state index >= 15 is 0 Å². The topological polar surface area (TPSA) is 58.6 Å². The summed E-state index contributed by atoms with van der Waals surface area (Å²) in [6, 6.07) is 18.2. The predicted octanol–water partition coefficient (Wildman–Crippen LogP) is 6.06. The monoisotopic (exact) mass is 460 g/mol. The summed E-state index contributed by atoms with van der Waals surface area (Å²) in [6.45, 7) is 8.29. The van der Waals surface area contributed by atoms with Gasteiger partial charge in [-0.2, -0.15) is 0 Å². The van der Waals surface area contributed by atoms with Crippen LogP contribution in [0.3, 0.4) is 0 Å². The molecule has 1 aliphatic rings. The molecule has 0 spiro atoms. The summed E-state index contributed by atoms with van der Waals surface area (Å²) < 4.78 is 5.50. The Bertz CT molecular complexity index is 1280. The Morgan fingerprint density at radius 1 is 0.879 bits per heavy atom. The minimum atomic E-state index is -0.418. The second-order valence-corrected chi connectivity index (χ2v) is 8.46. The van der Waals surface area contributed by atoms with Gasteiger partial charge in [-0.25, -0.2) is 4.90 Å². The molecule has 1 N–H and O–H groups in total. The third kappa shape index (κ3) is 4.37. The van der Waals surface area contributed by atoms with Crippen molar-refractivity contribution in [3.8, 4) is 5.75 Å². The Balaban J connectivity index is 1.83. The van der Waals surface area contributed by atoms with Gasteiger partial charge in [0.1, 0.15) is 11.4 Å². The molecule has 33 heavy (non-hydrogen) atoms.